The van der Waals surface area contributed by atoms with E-state index in [-0.39, 0.29) is 12.0 Å². The number of fused-ring (bicyclic) bond motifs is 1. The van der Waals surface area contributed by atoms with Crippen LogP contribution >= 0.6 is 0 Å². The minimum Gasteiger partial charge on any atom is -0.482 e. The molecular weight excluding hydrogens is 260 g/mol. The molecular formula is C18H22N2O. The van der Waals surface area contributed by atoms with E-state index in [1.54, 1.807) is 7.11 Å². The first-order chi connectivity index (χ1) is 10.3. The molecule has 3 rings (SSSR count). The molecule has 0 bridgehead atoms. The molecule has 1 N–H and O–H groups in total. The van der Waals surface area contributed by atoms with Crippen LogP contribution in [-0.2, 0) is 4.74 Å². The van der Waals surface area contributed by atoms with Crippen LogP contribution in [0, 0.1) is 0 Å². The molecule has 0 saturated carbocycles. The summed E-state index contributed by atoms with van der Waals surface area (Å²) >= 11 is 0. The van der Waals surface area contributed by atoms with Crippen LogP contribution in [0.5, 0.6) is 0 Å². The molecule has 1 aromatic carbocycles. The molecule has 0 spiro atoms. The normalized spacial score (nSPS) is 20.8. The second-order valence-electron chi connectivity index (χ2n) is 5.38. The molecule has 2 aromatic rings. The second-order valence-corrected chi connectivity index (χ2v) is 5.38. The Labute approximate surface area is 126 Å². The van der Waals surface area contributed by atoms with Crippen LogP contribution in [0.4, 0.5) is 0 Å². The summed E-state index contributed by atoms with van der Waals surface area (Å²) in [5.41, 5.74) is 2.57. The number of hydrogen-bond donors (Lipinski definition) is 1. The maximum absolute atomic E-state index is 5.58. The summed E-state index contributed by atoms with van der Waals surface area (Å²) in [5, 5.41) is 3.69. The number of ether oxygens (including phenoxy) is 1. The summed E-state index contributed by atoms with van der Waals surface area (Å²) in [6, 6.07) is 15.2. The largest absolute Gasteiger partial charge is 0.482 e. The molecule has 3 nitrogen and oxygen atoms in total. The zero-order valence-corrected chi connectivity index (χ0v) is 12.6. The second kappa shape index (κ2) is 6.19. The van der Waals surface area contributed by atoms with Crippen molar-refractivity contribution < 1.29 is 4.74 Å². The lowest BCUT2D eigenvalue weighted by molar-refractivity contribution is 0.324. The van der Waals surface area contributed by atoms with Crippen molar-refractivity contribution >= 4 is 5.88 Å². The van der Waals surface area contributed by atoms with E-state index < -0.39 is 0 Å². The number of nitrogens with one attached hydrogen (secondary N) is 1. The van der Waals surface area contributed by atoms with E-state index in [1.165, 1.54) is 11.3 Å². The molecule has 0 amide bonds. The Morgan fingerprint density at radius 2 is 1.95 bits per heavy atom. The van der Waals surface area contributed by atoms with Gasteiger partial charge in [-0.15, -0.1) is 0 Å². The summed E-state index contributed by atoms with van der Waals surface area (Å²) in [6.07, 6.45) is 5.40. The molecule has 3 heteroatoms. The molecule has 0 saturated heterocycles. The van der Waals surface area contributed by atoms with E-state index in [4.69, 9.17) is 4.74 Å². The van der Waals surface area contributed by atoms with E-state index in [0.717, 1.165) is 18.8 Å². The number of aromatic nitrogens is 1. The van der Waals surface area contributed by atoms with Crippen LogP contribution in [0.25, 0.3) is 5.88 Å². The third-order valence-electron chi connectivity index (χ3n) is 4.03. The highest BCUT2D eigenvalue weighted by molar-refractivity contribution is 5.49. The summed E-state index contributed by atoms with van der Waals surface area (Å²) in [4.78, 5) is 0. The highest BCUT2D eigenvalue weighted by Crippen LogP contribution is 2.38. The minimum absolute atomic E-state index is 0.279. The third-order valence-corrected chi connectivity index (χ3v) is 4.03. The van der Waals surface area contributed by atoms with E-state index in [1.807, 2.05) is 0 Å². The monoisotopic (exact) mass is 282 g/mol. The van der Waals surface area contributed by atoms with Crippen molar-refractivity contribution in [2.24, 2.45) is 0 Å². The van der Waals surface area contributed by atoms with Crippen molar-refractivity contribution in [3.05, 3.63) is 66.0 Å². The highest BCUT2D eigenvalue weighted by Gasteiger charge is 2.30. The summed E-state index contributed by atoms with van der Waals surface area (Å²) in [7, 11) is 1.73. The molecule has 21 heavy (non-hydrogen) atoms. The van der Waals surface area contributed by atoms with Crippen molar-refractivity contribution in [3.8, 4) is 0 Å². The molecule has 1 aromatic heterocycles. The standard InChI is InChI=1S/C18H22N2O/c1-3-11-19-18-15(14-8-5-4-6-9-14)13-17(21-2)20-12-7-10-16(18)20/h4-10,12-13,15,18-19H,3,11H2,1-2H3/t15-,18-/m0/s1. The van der Waals surface area contributed by atoms with Gasteiger partial charge in [-0.05, 0) is 36.7 Å². The van der Waals surface area contributed by atoms with Gasteiger partial charge in [-0.3, -0.25) is 4.57 Å². The zero-order chi connectivity index (χ0) is 14.7. The van der Waals surface area contributed by atoms with Gasteiger partial charge < -0.3 is 10.1 Å². The Balaban J connectivity index is 2.03. The molecule has 2 heterocycles. The summed E-state index contributed by atoms with van der Waals surface area (Å²) < 4.78 is 7.71. The first-order valence-electron chi connectivity index (χ1n) is 7.57. The fourth-order valence-electron chi connectivity index (χ4n) is 3.02. The average molecular weight is 282 g/mol. The van der Waals surface area contributed by atoms with E-state index in [9.17, 15) is 0 Å². The van der Waals surface area contributed by atoms with Gasteiger partial charge in [-0.25, -0.2) is 0 Å². The number of methoxy groups -OCH3 is 1. The number of hydrogen-bond acceptors (Lipinski definition) is 2. The number of benzene rings is 1. The van der Waals surface area contributed by atoms with Gasteiger partial charge in [0.15, 0.2) is 5.88 Å². The minimum atomic E-state index is 0.279. The average Bonchev–Trinajstić information content (AvgIpc) is 3.02. The maximum atomic E-state index is 5.58. The molecule has 0 fully saturated rings. The van der Waals surface area contributed by atoms with Gasteiger partial charge in [0, 0.05) is 17.8 Å². The topological polar surface area (TPSA) is 26.2 Å². The predicted molar refractivity (Wildman–Crippen MR) is 85.9 cm³/mol. The van der Waals surface area contributed by atoms with Gasteiger partial charge in [-0.2, -0.15) is 0 Å². The quantitative estimate of drug-likeness (QED) is 0.903. The number of nitrogens with zero attached hydrogens (tertiary/aromatic N) is 1. The fraction of sp³-hybridized carbons (Fsp3) is 0.333. The summed E-state index contributed by atoms with van der Waals surface area (Å²) in [6.45, 7) is 3.21. The highest BCUT2D eigenvalue weighted by atomic mass is 16.5. The fourth-order valence-corrected chi connectivity index (χ4v) is 3.02. The van der Waals surface area contributed by atoms with Gasteiger partial charge in [0.2, 0.25) is 0 Å². The van der Waals surface area contributed by atoms with Crippen molar-refractivity contribution in [3.63, 3.8) is 0 Å². The van der Waals surface area contributed by atoms with Crippen LogP contribution in [0.2, 0.25) is 0 Å². The Hall–Kier alpha value is -2.00. The van der Waals surface area contributed by atoms with Crippen LogP contribution in [0.3, 0.4) is 0 Å². The molecule has 0 radical (unpaired) electrons. The SMILES string of the molecule is CCCN[C@@H]1c2cccn2C(OC)=C[C@H]1c1ccccc1. The third kappa shape index (κ3) is 2.61. The molecule has 1 aliphatic rings. The van der Waals surface area contributed by atoms with Crippen molar-refractivity contribution in [1.29, 1.82) is 0 Å². The predicted octanol–water partition coefficient (Wildman–Crippen LogP) is 3.77. The van der Waals surface area contributed by atoms with Gasteiger partial charge in [-0.1, -0.05) is 37.3 Å². The van der Waals surface area contributed by atoms with Gasteiger partial charge >= 0.3 is 0 Å². The Morgan fingerprint density at radius 3 is 2.67 bits per heavy atom. The van der Waals surface area contributed by atoms with Crippen molar-refractivity contribution in [1.82, 2.24) is 9.88 Å². The first kappa shape index (κ1) is 14.0. The zero-order valence-electron chi connectivity index (χ0n) is 12.6. The van der Waals surface area contributed by atoms with Crippen molar-refractivity contribution in [2.75, 3.05) is 13.7 Å². The molecule has 2 atom stereocenters. The van der Waals surface area contributed by atoms with Crippen molar-refractivity contribution in [2.45, 2.75) is 25.3 Å². The lowest BCUT2D eigenvalue weighted by atomic mass is 9.87. The van der Waals surface area contributed by atoms with Gasteiger partial charge in [0.1, 0.15) is 0 Å². The van der Waals surface area contributed by atoms with Gasteiger partial charge in [0.05, 0.1) is 13.2 Å². The van der Waals surface area contributed by atoms with E-state index in [2.05, 4.69) is 71.5 Å². The Bertz CT molecular complexity index is 615. The molecule has 0 unspecified atom stereocenters. The number of rotatable bonds is 5. The van der Waals surface area contributed by atoms with E-state index in [0.29, 0.717) is 0 Å². The molecule has 1 aliphatic heterocycles. The van der Waals surface area contributed by atoms with Crippen LogP contribution < -0.4 is 5.32 Å². The lowest BCUT2D eigenvalue weighted by Crippen LogP contribution is -2.32. The van der Waals surface area contributed by atoms with E-state index >= 15 is 0 Å². The Kier molecular flexibility index (Phi) is 4.11. The molecule has 0 aliphatic carbocycles. The Morgan fingerprint density at radius 1 is 1.14 bits per heavy atom. The van der Waals surface area contributed by atoms with Crippen LogP contribution in [0.1, 0.15) is 36.6 Å². The van der Waals surface area contributed by atoms with Gasteiger partial charge in [0.25, 0.3) is 0 Å². The first-order valence-corrected chi connectivity index (χ1v) is 7.57. The smallest absolute Gasteiger partial charge is 0.194 e. The summed E-state index contributed by atoms with van der Waals surface area (Å²) in [5.74, 6) is 1.19. The van der Waals surface area contributed by atoms with Crippen LogP contribution in [-0.4, -0.2) is 18.2 Å². The lowest BCUT2D eigenvalue weighted by Gasteiger charge is -2.32. The maximum Gasteiger partial charge on any atom is 0.194 e. The van der Waals surface area contributed by atoms with Crippen LogP contribution in [0.15, 0.2) is 54.7 Å². The molecule has 110 valence electrons.